The summed E-state index contributed by atoms with van der Waals surface area (Å²) >= 11 is 0. The Morgan fingerprint density at radius 2 is 1.84 bits per heavy atom. The summed E-state index contributed by atoms with van der Waals surface area (Å²) in [5.41, 5.74) is 6.17. The number of aliphatic hydroxyl groups is 1. The number of hydrogen-bond donors (Lipinski definition) is 3. The number of carbonyl (C=O) groups excluding carboxylic acids is 1. The van der Waals surface area contributed by atoms with Crippen LogP contribution in [0.4, 0.5) is 0 Å². The van der Waals surface area contributed by atoms with Crippen LogP contribution < -0.4 is 11.1 Å². The van der Waals surface area contributed by atoms with Gasteiger partial charge in [-0.05, 0) is 31.6 Å². The van der Waals surface area contributed by atoms with Gasteiger partial charge in [-0.25, -0.2) is 0 Å². The minimum Gasteiger partial charge on any atom is -0.391 e. The molecule has 4 N–H and O–H groups in total. The van der Waals surface area contributed by atoms with Crippen molar-refractivity contribution >= 4 is 5.91 Å². The maximum atomic E-state index is 12.4. The summed E-state index contributed by atoms with van der Waals surface area (Å²) in [7, 11) is 0. The molecule has 2 aliphatic rings. The molecule has 0 heterocycles. The van der Waals surface area contributed by atoms with Crippen molar-refractivity contribution in [2.45, 2.75) is 76.5 Å². The number of aliphatic hydroxyl groups excluding tert-OH is 1. The molecule has 4 nitrogen and oxygen atoms in total. The lowest BCUT2D eigenvalue weighted by atomic mass is 9.77. The molecule has 0 bridgehead atoms. The molecular formula is C15H28N2O2. The van der Waals surface area contributed by atoms with Gasteiger partial charge in [0.05, 0.1) is 18.1 Å². The maximum absolute atomic E-state index is 12.4. The smallest absolute Gasteiger partial charge is 0.224 e. The standard InChI is InChI=1S/C15H28N2O2/c1-10-6-5-7-11(14(10)16)15(19)17-12-8-3-2-4-9-13(12)18/h10-14,18H,2-9,16H2,1H3,(H,17,19). The van der Waals surface area contributed by atoms with Gasteiger partial charge in [0.25, 0.3) is 0 Å². The number of carbonyl (C=O) groups is 1. The van der Waals surface area contributed by atoms with Crippen LogP contribution in [-0.2, 0) is 4.79 Å². The third-order valence-electron chi connectivity index (χ3n) is 4.94. The summed E-state index contributed by atoms with van der Waals surface area (Å²) < 4.78 is 0. The maximum Gasteiger partial charge on any atom is 0.224 e. The van der Waals surface area contributed by atoms with Crippen molar-refractivity contribution in [3.05, 3.63) is 0 Å². The molecule has 2 aliphatic carbocycles. The van der Waals surface area contributed by atoms with Gasteiger partial charge in [-0.15, -0.1) is 0 Å². The molecule has 0 aromatic rings. The quantitative estimate of drug-likeness (QED) is 0.665. The van der Waals surface area contributed by atoms with Crippen LogP contribution in [0.3, 0.4) is 0 Å². The van der Waals surface area contributed by atoms with Crippen LogP contribution in [0.25, 0.3) is 0 Å². The van der Waals surface area contributed by atoms with E-state index in [2.05, 4.69) is 12.2 Å². The first-order chi connectivity index (χ1) is 9.09. The van der Waals surface area contributed by atoms with E-state index in [9.17, 15) is 9.90 Å². The molecule has 5 unspecified atom stereocenters. The van der Waals surface area contributed by atoms with Crippen molar-refractivity contribution in [2.24, 2.45) is 17.6 Å². The average Bonchev–Trinajstić information content (AvgIpc) is 2.58. The Morgan fingerprint density at radius 3 is 2.63 bits per heavy atom. The molecule has 19 heavy (non-hydrogen) atoms. The third kappa shape index (κ3) is 3.69. The van der Waals surface area contributed by atoms with Crippen molar-refractivity contribution in [2.75, 3.05) is 0 Å². The van der Waals surface area contributed by atoms with E-state index in [1.807, 2.05) is 0 Å². The molecule has 110 valence electrons. The van der Waals surface area contributed by atoms with Gasteiger partial charge in [0, 0.05) is 6.04 Å². The fourth-order valence-electron chi connectivity index (χ4n) is 3.49. The average molecular weight is 268 g/mol. The largest absolute Gasteiger partial charge is 0.391 e. The lowest BCUT2D eigenvalue weighted by Crippen LogP contribution is -2.51. The minimum absolute atomic E-state index is 0.0309. The van der Waals surface area contributed by atoms with Crippen LogP contribution in [0, 0.1) is 11.8 Å². The van der Waals surface area contributed by atoms with Crippen molar-refractivity contribution in [3.63, 3.8) is 0 Å². The molecule has 0 saturated heterocycles. The van der Waals surface area contributed by atoms with E-state index in [1.54, 1.807) is 0 Å². The summed E-state index contributed by atoms with van der Waals surface area (Å²) in [4.78, 5) is 12.4. The van der Waals surface area contributed by atoms with Crippen molar-refractivity contribution in [3.8, 4) is 0 Å². The molecular weight excluding hydrogens is 240 g/mol. The Balaban J connectivity index is 1.92. The normalized spacial score (nSPS) is 40.5. The van der Waals surface area contributed by atoms with Gasteiger partial charge in [-0.1, -0.05) is 32.6 Å². The van der Waals surface area contributed by atoms with E-state index in [0.29, 0.717) is 5.92 Å². The van der Waals surface area contributed by atoms with E-state index in [-0.39, 0.29) is 30.0 Å². The number of hydrogen-bond acceptors (Lipinski definition) is 3. The highest BCUT2D eigenvalue weighted by molar-refractivity contribution is 5.79. The van der Waals surface area contributed by atoms with Crippen LogP contribution in [0.1, 0.15) is 58.3 Å². The van der Waals surface area contributed by atoms with Gasteiger partial charge in [-0.3, -0.25) is 4.79 Å². The number of rotatable bonds is 2. The zero-order valence-electron chi connectivity index (χ0n) is 12.0. The lowest BCUT2D eigenvalue weighted by Gasteiger charge is -2.34. The highest BCUT2D eigenvalue weighted by Crippen LogP contribution is 2.28. The lowest BCUT2D eigenvalue weighted by molar-refractivity contribution is -0.128. The van der Waals surface area contributed by atoms with Crippen molar-refractivity contribution < 1.29 is 9.90 Å². The predicted molar refractivity (Wildman–Crippen MR) is 75.5 cm³/mol. The van der Waals surface area contributed by atoms with E-state index < -0.39 is 0 Å². The van der Waals surface area contributed by atoms with E-state index in [1.165, 1.54) is 0 Å². The van der Waals surface area contributed by atoms with Gasteiger partial charge in [0.1, 0.15) is 0 Å². The van der Waals surface area contributed by atoms with Crippen LogP contribution in [-0.4, -0.2) is 29.2 Å². The molecule has 4 heteroatoms. The van der Waals surface area contributed by atoms with Crippen LogP contribution in [0.2, 0.25) is 0 Å². The van der Waals surface area contributed by atoms with Crippen molar-refractivity contribution in [1.82, 2.24) is 5.32 Å². The van der Waals surface area contributed by atoms with Gasteiger partial charge in [0.15, 0.2) is 0 Å². The third-order valence-corrected chi connectivity index (χ3v) is 4.94. The van der Waals surface area contributed by atoms with Gasteiger partial charge in [-0.2, -0.15) is 0 Å². The number of nitrogens with two attached hydrogens (primary N) is 1. The highest BCUT2D eigenvalue weighted by Gasteiger charge is 2.34. The number of amides is 1. The Morgan fingerprint density at radius 1 is 1.11 bits per heavy atom. The molecule has 2 fully saturated rings. The Labute approximate surface area is 116 Å². The van der Waals surface area contributed by atoms with Crippen LogP contribution in [0.15, 0.2) is 0 Å². The summed E-state index contributed by atoms with van der Waals surface area (Å²) in [5, 5.41) is 13.1. The van der Waals surface area contributed by atoms with Crippen molar-refractivity contribution in [1.29, 1.82) is 0 Å². The molecule has 0 aliphatic heterocycles. The highest BCUT2D eigenvalue weighted by atomic mass is 16.3. The SMILES string of the molecule is CC1CCCC(C(=O)NC2CCCCCC2O)C1N. The Kier molecular flexibility index (Phi) is 5.22. The van der Waals surface area contributed by atoms with E-state index >= 15 is 0 Å². The molecule has 1 amide bonds. The van der Waals surface area contributed by atoms with Gasteiger partial charge >= 0.3 is 0 Å². The first kappa shape index (κ1) is 14.8. The second-order valence-corrected chi connectivity index (χ2v) is 6.41. The topological polar surface area (TPSA) is 75.3 Å². The summed E-state index contributed by atoms with van der Waals surface area (Å²) in [6.45, 7) is 2.13. The molecule has 0 aromatic heterocycles. The van der Waals surface area contributed by atoms with E-state index in [0.717, 1.165) is 51.4 Å². The first-order valence-electron chi connectivity index (χ1n) is 7.83. The zero-order chi connectivity index (χ0) is 13.8. The fraction of sp³-hybridized carbons (Fsp3) is 0.933. The zero-order valence-corrected chi connectivity index (χ0v) is 12.0. The first-order valence-corrected chi connectivity index (χ1v) is 7.83. The molecule has 0 radical (unpaired) electrons. The second kappa shape index (κ2) is 6.71. The second-order valence-electron chi connectivity index (χ2n) is 6.41. The molecule has 0 spiro atoms. The summed E-state index contributed by atoms with van der Waals surface area (Å²) in [6.07, 6.45) is 7.72. The Hall–Kier alpha value is -0.610. The van der Waals surface area contributed by atoms with Crippen LogP contribution in [0.5, 0.6) is 0 Å². The molecule has 2 rings (SSSR count). The Bertz CT molecular complexity index is 309. The number of nitrogens with one attached hydrogen (secondary N) is 1. The van der Waals surface area contributed by atoms with Gasteiger partial charge in [0.2, 0.25) is 5.91 Å². The summed E-state index contributed by atoms with van der Waals surface area (Å²) in [5.74, 6) is 0.410. The monoisotopic (exact) mass is 268 g/mol. The van der Waals surface area contributed by atoms with E-state index in [4.69, 9.17) is 5.73 Å². The van der Waals surface area contributed by atoms with Crippen LogP contribution >= 0.6 is 0 Å². The predicted octanol–water partition coefficient (Wildman–Crippen LogP) is 1.56. The minimum atomic E-state index is -0.385. The summed E-state index contributed by atoms with van der Waals surface area (Å²) in [6, 6.07) is -0.101. The molecule has 2 saturated carbocycles. The molecule has 5 atom stereocenters. The fourth-order valence-corrected chi connectivity index (χ4v) is 3.49. The van der Waals surface area contributed by atoms with Gasteiger partial charge < -0.3 is 16.2 Å². The molecule has 0 aromatic carbocycles.